The largest absolute Gasteiger partial charge is 0.492 e. The van der Waals surface area contributed by atoms with Crippen LogP contribution in [-0.2, 0) is 11.3 Å². The van der Waals surface area contributed by atoms with E-state index < -0.39 is 18.1 Å². The number of benzene rings is 2. The normalized spacial score (nSPS) is 17.6. The standard InChI is InChI=1S/C34H37ClF3N7O4/c1-33(2)20-41-30(47)24-8-10-25(11-9-24)43-31(39-3)44-32(42-21-34(36,37)38)40-19-23-7-13-28(27(35)18-23)49-17-5-15-45(22-33)29(46)14-12-26-6-4-16-48-26/h4,6-14,16,18H,3,5,15,17,19-22H2,1-2H3,(H,41,47)(H2,40,42,43,44)/b14-12+. The first-order valence-electron chi connectivity index (χ1n) is 15.3. The van der Waals surface area contributed by atoms with Gasteiger partial charge in [-0.15, -0.1) is 0 Å². The van der Waals surface area contributed by atoms with Gasteiger partial charge in [-0.1, -0.05) is 31.5 Å². The Labute approximate surface area is 287 Å². The summed E-state index contributed by atoms with van der Waals surface area (Å²) in [6, 6.07) is 14.7. The summed E-state index contributed by atoms with van der Waals surface area (Å²) in [4.78, 5) is 40.1. The van der Waals surface area contributed by atoms with Crippen molar-refractivity contribution in [3.05, 3.63) is 88.8 Å². The van der Waals surface area contributed by atoms with Gasteiger partial charge < -0.3 is 30.0 Å². The minimum atomic E-state index is -4.53. The van der Waals surface area contributed by atoms with Gasteiger partial charge in [-0.25, -0.2) is 9.98 Å². The van der Waals surface area contributed by atoms with Crippen LogP contribution in [0.25, 0.3) is 6.08 Å². The number of alkyl halides is 3. The highest BCUT2D eigenvalue weighted by Gasteiger charge is 2.28. The van der Waals surface area contributed by atoms with Crippen LogP contribution < -0.4 is 20.7 Å². The van der Waals surface area contributed by atoms with E-state index in [0.717, 1.165) is 0 Å². The van der Waals surface area contributed by atoms with Crippen molar-refractivity contribution >= 4 is 53.8 Å². The number of hydrogen-bond donors (Lipinski definition) is 3. The molecule has 260 valence electrons. The first-order chi connectivity index (χ1) is 23.3. The molecule has 4 bridgehead atoms. The molecule has 0 saturated heterocycles. The smallest absolute Gasteiger partial charge is 0.405 e. The van der Waals surface area contributed by atoms with E-state index in [1.807, 2.05) is 13.8 Å². The molecule has 5 heterocycles. The molecule has 4 aliphatic heterocycles. The highest BCUT2D eigenvalue weighted by Crippen LogP contribution is 2.26. The van der Waals surface area contributed by atoms with Crippen LogP contribution in [0.1, 0.15) is 41.9 Å². The van der Waals surface area contributed by atoms with E-state index >= 15 is 0 Å². The molecule has 3 N–H and O–H groups in total. The Balaban J connectivity index is 1.61. The van der Waals surface area contributed by atoms with Gasteiger partial charge in [0, 0.05) is 37.0 Å². The molecule has 15 heteroatoms. The topological polar surface area (TPSA) is 133 Å². The van der Waals surface area contributed by atoms with Gasteiger partial charge in [0.05, 0.1) is 24.4 Å². The molecule has 2 aromatic carbocycles. The Bertz CT molecular complexity index is 1690. The zero-order chi connectivity index (χ0) is 35.4. The van der Waals surface area contributed by atoms with Gasteiger partial charge in [-0.2, -0.15) is 18.2 Å². The Kier molecular flexibility index (Phi) is 12.6. The molecule has 1 aromatic heterocycles. The SMILES string of the molecule is C=N/C1=N\C(NCC(F)(F)F)=NCc2ccc(c(Cl)c2)OCCCN(C(=O)/C=C/c2ccco2)CC(C)(C)CNC(=O)c2ccc(cc2)N1. The Morgan fingerprint density at radius 3 is 2.65 bits per heavy atom. The summed E-state index contributed by atoms with van der Waals surface area (Å²) in [6.45, 7) is 7.10. The minimum Gasteiger partial charge on any atom is -0.492 e. The number of guanidine groups is 2. The van der Waals surface area contributed by atoms with Crippen molar-refractivity contribution in [3.63, 3.8) is 0 Å². The number of carbonyl (C=O) groups is 2. The van der Waals surface area contributed by atoms with Gasteiger partial charge in [0.2, 0.25) is 17.8 Å². The van der Waals surface area contributed by atoms with Crippen LogP contribution in [0.2, 0.25) is 5.02 Å². The predicted molar refractivity (Wildman–Crippen MR) is 184 cm³/mol. The Hall–Kier alpha value is -5.11. The fourth-order valence-corrected chi connectivity index (χ4v) is 4.87. The van der Waals surface area contributed by atoms with Gasteiger partial charge in [0.25, 0.3) is 5.91 Å². The maximum atomic E-state index is 13.3. The number of carbonyl (C=O) groups excluding carboxylic acids is 2. The molecule has 7 rings (SSSR count). The number of halogens is 4. The second kappa shape index (κ2) is 16.8. The first-order valence-corrected chi connectivity index (χ1v) is 15.7. The van der Waals surface area contributed by atoms with Crippen LogP contribution in [0, 0.1) is 5.41 Å². The van der Waals surface area contributed by atoms with E-state index in [2.05, 4.69) is 37.6 Å². The molecule has 11 nitrogen and oxygen atoms in total. The summed E-state index contributed by atoms with van der Waals surface area (Å²) in [5, 5.41) is 8.26. The quantitative estimate of drug-likeness (QED) is 0.221. The number of anilines is 1. The van der Waals surface area contributed by atoms with Gasteiger partial charge in [0.1, 0.15) is 18.1 Å². The van der Waals surface area contributed by atoms with Crippen LogP contribution in [0.4, 0.5) is 18.9 Å². The monoisotopic (exact) mass is 699 g/mol. The lowest BCUT2D eigenvalue weighted by Crippen LogP contribution is -2.44. The summed E-state index contributed by atoms with van der Waals surface area (Å²) in [5.41, 5.74) is 0.891. The van der Waals surface area contributed by atoms with Crippen LogP contribution in [0.3, 0.4) is 0 Å². The van der Waals surface area contributed by atoms with Gasteiger partial charge in [0.15, 0.2) is 0 Å². The molecule has 0 fully saturated rings. The van der Waals surface area contributed by atoms with Gasteiger partial charge >= 0.3 is 6.18 Å². The lowest BCUT2D eigenvalue weighted by Gasteiger charge is -2.32. The number of nitrogens with zero attached hydrogens (tertiary/aromatic N) is 4. The number of furan rings is 1. The second-order valence-electron chi connectivity index (χ2n) is 11.8. The fraction of sp³-hybridized carbons (Fsp3) is 0.324. The van der Waals surface area contributed by atoms with E-state index in [9.17, 15) is 22.8 Å². The van der Waals surface area contributed by atoms with Crippen LogP contribution in [0.5, 0.6) is 5.75 Å². The lowest BCUT2D eigenvalue weighted by atomic mass is 9.92. The van der Waals surface area contributed by atoms with Crippen molar-refractivity contribution in [2.75, 3.05) is 38.1 Å². The van der Waals surface area contributed by atoms with Gasteiger partial charge in [-0.05, 0) is 78.7 Å². The molecule has 0 unspecified atom stereocenters. The molecule has 3 aromatic rings. The van der Waals surface area contributed by atoms with E-state index in [-0.39, 0.29) is 48.5 Å². The highest BCUT2D eigenvalue weighted by molar-refractivity contribution is 6.32. The van der Waals surface area contributed by atoms with E-state index in [1.54, 1.807) is 65.6 Å². The molecule has 0 atom stereocenters. The number of rotatable bonds is 3. The number of aliphatic imine (C=N–C) groups is 3. The maximum Gasteiger partial charge on any atom is 0.405 e. The van der Waals surface area contributed by atoms with E-state index in [0.29, 0.717) is 47.8 Å². The maximum absolute atomic E-state index is 13.3. The molecular formula is C34H37ClF3N7O4. The third-order valence-electron chi connectivity index (χ3n) is 7.04. The lowest BCUT2D eigenvalue weighted by molar-refractivity contribution is -0.127. The van der Waals surface area contributed by atoms with Crippen LogP contribution in [0.15, 0.2) is 86.3 Å². The highest BCUT2D eigenvalue weighted by atomic mass is 35.5. The molecule has 2 amide bonds. The number of ether oxygens (including phenoxy) is 1. The molecule has 0 saturated carbocycles. The number of nitrogens with one attached hydrogen (secondary N) is 3. The second-order valence-corrected chi connectivity index (χ2v) is 12.2. The number of amides is 2. The fourth-order valence-electron chi connectivity index (χ4n) is 4.62. The van der Waals surface area contributed by atoms with Crippen molar-refractivity contribution in [1.82, 2.24) is 15.5 Å². The zero-order valence-electron chi connectivity index (χ0n) is 27.0. The summed E-state index contributed by atoms with van der Waals surface area (Å²) in [6.07, 6.45) is 0.502. The third kappa shape index (κ3) is 12.1. The van der Waals surface area contributed by atoms with Crippen molar-refractivity contribution in [2.24, 2.45) is 20.4 Å². The Morgan fingerprint density at radius 2 is 1.98 bits per heavy atom. The third-order valence-corrected chi connectivity index (χ3v) is 7.34. The van der Waals surface area contributed by atoms with Crippen LogP contribution >= 0.6 is 11.6 Å². The number of hydrogen-bond acceptors (Lipinski definition) is 9. The summed E-state index contributed by atoms with van der Waals surface area (Å²) in [5.74, 6) is -0.0934. The molecule has 0 radical (unpaired) electrons. The van der Waals surface area contributed by atoms with Crippen molar-refractivity contribution in [3.8, 4) is 5.75 Å². The predicted octanol–water partition coefficient (Wildman–Crippen LogP) is 6.19. The Morgan fingerprint density at radius 1 is 1.20 bits per heavy atom. The van der Waals surface area contributed by atoms with E-state index in [4.69, 9.17) is 20.8 Å². The average Bonchev–Trinajstić information content (AvgIpc) is 3.59. The molecule has 4 aliphatic rings. The first kappa shape index (κ1) is 36.7. The minimum absolute atomic E-state index is 0.0592. The molecule has 49 heavy (non-hydrogen) atoms. The van der Waals surface area contributed by atoms with Crippen molar-refractivity contribution in [2.45, 2.75) is 33.0 Å². The van der Waals surface area contributed by atoms with Crippen molar-refractivity contribution < 1.29 is 31.9 Å². The summed E-state index contributed by atoms with van der Waals surface area (Å²) in [7, 11) is 0. The average molecular weight is 700 g/mol. The van der Waals surface area contributed by atoms with Crippen LogP contribution in [-0.4, -0.2) is 74.3 Å². The van der Waals surface area contributed by atoms with Gasteiger partial charge in [-0.3, -0.25) is 9.59 Å². The molecule has 0 spiro atoms. The molecular weight excluding hydrogens is 663 g/mol. The summed E-state index contributed by atoms with van der Waals surface area (Å²) < 4.78 is 50.3. The zero-order valence-corrected chi connectivity index (χ0v) is 27.8. The summed E-state index contributed by atoms with van der Waals surface area (Å²) >= 11 is 6.47. The molecule has 0 aliphatic carbocycles. The van der Waals surface area contributed by atoms with Crippen molar-refractivity contribution in [1.29, 1.82) is 0 Å². The van der Waals surface area contributed by atoms with E-state index in [1.165, 1.54) is 12.3 Å².